The van der Waals surface area contributed by atoms with Crippen LogP contribution in [-0.2, 0) is 10.6 Å². The van der Waals surface area contributed by atoms with Crippen molar-refractivity contribution < 1.29 is 17.9 Å². The van der Waals surface area contributed by atoms with Gasteiger partial charge < -0.3 is 4.74 Å². The fraction of sp³-hybridized carbons (Fsp3) is 0.333. The van der Waals surface area contributed by atoms with Crippen LogP contribution in [-0.4, -0.2) is 11.0 Å². The first kappa shape index (κ1) is 11.8. The normalized spacial score (nSPS) is 16.4. The first-order valence-corrected chi connectivity index (χ1v) is 4.86. The van der Waals surface area contributed by atoms with E-state index in [4.69, 9.17) is 0 Å². The number of ether oxygens (including phenoxy) is 1. The highest BCUT2D eigenvalue weighted by molar-refractivity contribution is 14.1. The molecular weight excluding hydrogens is 308 g/mol. The number of hydrogen-bond acceptors (Lipinski definition) is 1. The van der Waals surface area contributed by atoms with Crippen LogP contribution >= 0.6 is 22.6 Å². The van der Waals surface area contributed by atoms with Crippen molar-refractivity contribution in [2.75, 3.05) is 7.11 Å². The Morgan fingerprint density at radius 2 is 1.64 bits per heavy atom. The van der Waals surface area contributed by atoms with Crippen LogP contribution in [0.3, 0.4) is 0 Å². The maximum atomic E-state index is 13.8. The summed E-state index contributed by atoms with van der Waals surface area (Å²) in [6, 6.07) is 7.09. The summed E-state index contributed by atoms with van der Waals surface area (Å²) in [4.78, 5) is 0. The highest BCUT2D eigenvalue weighted by Crippen LogP contribution is 2.46. The lowest BCUT2D eigenvalue weighted by molar-refractivity contribution is -0.223. The van der Waals surface area contributed by atoms with Crippen molar-refractivity contribution in [2.24, 2.45) is 0 Å². The largest absolute Gasteiger partial charge is 0.358 e. The van der Waals surface area contributed by atoms with E-state index in [0.717, 1.165) is 29.7 Å². The van der Waals surface area contributed by atoms with E-state index in [0.29, 0.717) is 0 Å². The zero-order valence-corrected chi connectivity index (χ0v) is 9.46. The summed E-state index contributed by atoms with van der Waals surface area (Å²) in [7, 11) is 0.916. The molecule has 1 aromatic rings. The molecule has 0 N–H and O–H groups in total. The molecule has 1 nitrogen and oxygen atoms in total. The molecule has 14 heavy (non-hydrogen) atoms. The summed E-state index contributed by atoms with van der Waals surface area (Å²) < 4.78 is 40.3. The smallest absolute Gasteiger partial charge is 0.340 e. The van der Waals surface area contributed by atoms with Gasteiger partial charge in [-0.1, -0.05) is 30.3 Å². The summed E-state index contributed by atoms with van der Waals surface area (Å²) in [5.41, 5.74) is -0.193. The second kappa shape index (κ2) is 4.06. The first-order chi connectivity index (χ1) is 6.42. The molecule has 0 fully saturated rings. The second-order valence-electron chi connectivity index (χ2n) is 2.66. The van der Waals surface area contributed by atoms with Crippen LogP contribution in [0.4, 0.5) is 13.2 Å². The molecule has 78 valence electrons. The zero-order chi connectivity index (χ0) is 10.8. The molecule has 1 rings (SSSR count). The molecule has 0 saturated heterocycles. The highest BCUT2D eigenvalue weighted by Gasteiger charge is 2.55. The van der Waals surface area contributed by atoms with Crippen molar-refractivity contribution in [1.29, 1.82) is 0 Å². The summed E-state index contributed by atoms with van der Waals surface area (Å²) in [5, 5.41) is 0. The van der Waals surface area contributed by atoms with E-state index in [1.807, 2.05) is 0 Å². The SMILES string of the molecule is COC(F)(c1ccccc1)C(F)(F)I. The van der Waals surface area contributed by atoms with Crippen molar-refractivity contribution in [3.8, 4) is 0 Å². The van der Waals surface area contributed by atoms with E-state index in [1.165, 1.54) is 24.3 Å². The molecule has 0 amide bonds. The molecule has 0 aliphatic heterocycles. The first-order valence-electron chi connectivity index (χ1n) is 3.78. The van der Waals surface area contributed by atoms with Crippen molar-refractivity contribution in [3.63, 3.8) is 0 Å². The van der Waals surface area contributed by atoms with Crippen LogP contribution in [0.5, 0.6) is 0 Å². The molecule has 0 heterocycles. The summed E-state index contributed by atoms with van der Waals surface area (Å²) >= 11 is 0.726. The third-order valence-electron chi connectivity index (χ3n) is 1.79. The molecule has 0 bridgehead atoms. The topological polar surface area (TPSA) is 9.23 Å². The van der Waals surface area contributed by atoms with Gasteiger partial charge in [-0.3, -0.25) is 0 Å². The third-order valence-corrected chi connectivity index (χ3v) is 2.48. The van der Waals surface area contributed by atoms with Crippen LogP contribution in [0.15, 0.2) is 30.3 Å². The minimum Gasteiger partial charge on any atom is -0.340 e. The fourth-order valence-electron chi connectivity index (χ4n) is 1.05. The summed E-state index contributed by atoms with van der Waals surface area (Å²) in [6.45, 7) is 0. The van der Waals surface area contributed by atoms with Crippen LogP contribution in [0.25, 0.3) is 0 Å². The predicted octanol–water partition coefficient (Wildman–Crippen LogP) is 3.48. The Hall–Kier alpha value is -0.300. The molecule has 0 radical (unpaired) electrons. The van der Waals surface area contributed by atoms with Gasteiger partial charge >= 0.3 is 9.78 Å². The lowest BCUT2D eigenvalue weighted by atomic mass is 10.1. The lowest BCUT2D eigenvalue weighted by Gasteiger charge is -2.28. The molecule has 0 saturated carbocycles. The van der Waals surface area contributed by atoms with E-state index in [9.17, 15) is 13.2 Å². The highest BCUT2D eigenvalue weighted by atomic mass is 127. The number of methoxy groups -OCH3 is 1. The number of benzene rings is 1. The minimum atomic E-state index is -3.61. The van der Waals surface area contributed by atoms with Gasteiger partial charge in [-0.2, -0.15) is 13.2 Å². The van der Waals surface area contributed by atoms with Gasteiger partial charge in [0.25, 0.3) is 0 Å². The van der Waals surface area contributed by atoms with Gasteiger partial charge in [-0.25, -0.2) is 0 Å². The van der Waals surface area contributed by atoms with Gasteiger partial charge in [0.2, 0.25) is 0 Å². The minimum absolute atomic E-state index is 0.193. The lowest BCUT2D eigenvalue weighted by Crippen LogP contribution is -2.38. The molecule has 1 unspecified atom stereocenters. The van der Waals surface area contributed by atoms with Gasteiger partial charge in [0.05, 0.1) is 0 Å². The molecule has 5 heteroatoms. The summed E-state index contributed by atoms with van der Waals surface area (Å²) in [6.07, 6.45) is 0. The van der Waals surface area contributed by atoms with Crippen molar-refractivity contribution in [1.82, 2.24) is 0 Å². The average molecular weight is 316 g/mol. The molecule has 1 atom stereocenters. The molecule has 0 aliphatic carbocycles. The second-order valence-corrected chi connectivity index (χ2v) is 4.02. The summed E-state index contributed by atoms with van der Waals surface area (Å²) in [5.74, 6) is -3.07. The molecule has 0 spiro atoms. The predicted molar refractivity (Wildman–Crippen MR) is 55.2 cm³/mol. The molecule has 1 aromatic carbocycles. The Morgan fingerprint density at radius 1 is 1.14 bits per heavy atom. The van der Waals surface area contributed by atoms with Crippen molar-refractivity contribution >= 4 is 22.6 Å². The Morgan fingerprint density at radius 3 is 2.00 bits per heavy atom. The number of alkyl halides is 4. The fourth-order valence-corrected chi connectivity index (χ4v) is 1.58. The van der Waals surface area contributed by atoms with E-state index in [1.54, 1.807) is 6.07 Å². The van der Waals surface area contributed by atoms with Crippen molar-refractivity contribution in [2.45, 2.75) is 9.78 Å². The van der Waals surface area contributed by atoms with Crippen LogP contribution in [0.2, 0.25) is 0 Å². The standard InChI is InChI=1S/C9H8F3IO/c1-14-8(10,9(11,12)13)7-5-3-2-4-6-7/h2-6H,1H3. The van der Waals surface area contributed by atoms with E-state index in [-0.39, 0.29) is 5.56 Å². The maximum absolute atomic E-state index is 13.8. The van der Waals surface area contributed by atoms with Gasteiger partial charge in [-0.15, -0.1) is 0 Å². The number of halogens is 4. The number of hydrogen-bond donors (Lipinski definition) is 0. The number of rotatable bonds is 3. The van der Waals surface area contributed by atoms with Crippen molar-refractivity contribution in [3.05, 3.63) is 35.9 Å². The Balaban J connectivity index is 3.15. The van der Waals surface area contributed by atoms with Crippen LogP contribution in [0.1, 0.15) is 5.56 Å². The van der Waals surface area contributed by atoms with Gasteiger partial charge in [0.1, 0.15) is 0 Å². The molecule has 0 aliphatic rings. The van der Waals surface area contributed by atoms with E-state index in [2.05, 4.69) is 4.74 Å². The van der Waals surface area contributed by atoms with Crippen LogP contribution in [0, 0.1) is 0 Å². The average Bonchev–Trinajstić information content (AvgIpc) is 2.16. The van der Waals surface area contributed by atoms with Crippen LogP contribution < -0.4 is 0 Å². The maximum Gasteiger partial charge on any atom is 0.358 e. The quantitative estimate of drug-likeness (QED) is 0.613. The monoisotopic (exact) mass is 316 g/mol. The van der Waals surface area contributed by atoms with Gasteiger partial charge in [0, 0.05) is 35.3 Å². The molecular formula is C9H8F3IO. The Kier molecular flexibility index (Phi) is 3.41. The Bertz CT molecular complexity index is 299. The third kappa shape index (κ3) is 2.03. The van der Waals surface area contributed by atoms with Gasteiger partial charge in [0.15, 0.2) is 0 Å². The zero-order valence-electron chi connectivity index (χ0n) is 7.31. The molecule has 0 aromatic heterocycles. The van der Waals surface area contributed by atoms with E-state index >= 15 is 0 Å². The van der Waals surface area contributed by atoms with E-state index < -0.39 is 9.78 Å². The Labute approximate surface area is 93.4 Å². The van der Waals surface area contributed by atoms with Gasteiger partial charge in [-0.05, 0) is 0 Å².